The minimum absolute atomic E-state index is 0.331. The van der Waals surface area contributed by atoms with E-state index < -0.39 is 5.97 Å². The largest absolute Gasteiger partial charge is 0.476 e. The van der Waals surface area contributed by atoms with E-state index in [-0.39, 0.29) is 5.70 Å². The third-order valence-electron chi connectivity index (χ3n) is 1.89. The van der Waals surface area contributed by atoms with Crippen LogP contribution in [-0.4, -0.2) is 11.1 Å². The summed E-state index contributed by atoms with van der Waals surface area (Å²) in [5.74, 6) is -1.26. The van der Waals surface area contributed by atoms with Gasteiger partial charge in [-0.1, -0.05) is 29.8 Å². The molecule has 5 nitrogen and oxygen atoms in total. The molecule has 1 aromatic rings. The van der Waals surface area contributed by atoms with Gasteiger partial charge >= 0.3 is 5.97 Å². The number of aryl methyl sites for hydroxylation is 1. The van der Waals surface area contributed by atoms with Crippen molar-refractivity contribution in [1.82, 2.24) is 4.91 Å². The molecule has 0 aliphatic carbocycles. The molecule has 0 unspecified atom stereocenters. The van der Waals surface area contributed by atoms with E-state index in [1.807, 2.05) is 13.0 Å². The van der Waals surface area contributed by atoms with Crippen molar-refractivity contribution in [3.63, 3.8) is 0 Å². The van der Waals surface area contributed by atoms with E-state index in [0.717, 1.165) is 5.56 Å². The van der Waals surface area contributed by atoms with Gasteiger partial charge in [0.15, 0.2) is 5.11 Å². The lowest BCUT2D eigenvalue weighted by molar-refractivity contribution is -0.132. The molecular weight excluding hydrogens is 230 g/mol. The maximum atomic E-state index is 10.7. The Kier molecular flexibility index (Phi) is 3.94. The maximum Gasteiger partial charge on any atom is 0.362 e. The number of aliphatic carboxylic acids is 1. The van der Waals surface area contributed by atoms with Crippen LogP contribution in [0.15, 0.2) is 29.0 Å². The van der Waals surface area contributed by atoms with Crippen LogP contribution in [0.4, 0.5) is 0 Å². The van der Waals surface area contributed by atoms with Crippen molar-refractivity contribution in [2.75, 3.05) is 0 Å². The molecule has 0 radical (unpaired) electrons. The normalized spacial score (nSPS) is 10.8. The second kappa shape index (κ2) is 5.21. The summed E-state index contributed by atoms with van der Waals surface area (Å²) in [4.78, 5) is 13.4. The van der Waals surface area contributed by atoms with Crippen molar-refractivity contribution < 1.29 is 9.90 Å². The highest BCUT2D eigenvalue weighted by Gasteiger charge is 2.13. The van der Waals surface area contributed by atoms with Crippen LogP contribution >= 0.6 is 11.6 Å². The number of halogens is 1. The number of rotatable bonds is 3. The Morgan fingerprint density at radius 2 is 2.31 bits per heavy atom. The highest BCUT2D eigenvalue weighted by atomic mass is 35.5. The quantitative estimate of drug-likeness (QED) is 0.482. The fourth-order valence-electron chi connectivity index (χ4n) is 1.12. The molecule has 16 heavy (non-hydrogen) atoms. The Morgan fingerprint density at radius 1 is 1.62 bits per heavy atom. The second-order valence-electron chi connectivity index (χ2n) is 3.01. The lowest BCUT2D eigenvalue weighted by Crippen LogP contribution is -1.98. The lowest BCUT2D eigenvalue weighted by atomic mass is 10.1. The third-order valence-corrected chi connectivity index (χ3v) is 2.41. The first-order valence-electron chi connectivity index (χ1n) is 4.34. The molecule has 0 heterocycles. The summed E-state index contributed by atoms with van der Waals surface area (Å²) in [5.41, 5.74) is 7.55. The van der Waals surface area contributed by atoms with Gasteiger partial charge in [0, 0.05) is 0 Å². The van der Waals surface area contributed by atoms with Gasteiger partial charge in [0.05, 0.1) is 5.02 Å². The Morgan fingerprint density at radius 3 is 2.88 bits per heavy atom. The molecule has 6 heteroatoms. The van der Waals surface area contributed by atoms with Gasteiger partial charge in [0.1, 0.15) is 5.53 Å². The van der Waals surface area contributed by atoms with Crippen LogP contribution in [0.1, 0.15) is 11.1 Å². The van der Waals surface area contributed by atoms with E-state index >= 15 is 0 Å². The van der Waals surface area contributed by atoms with Crippen molar-refractivity contribution in [3.8, 4) is 0 Å². The Hall–Kier alpha value is -1.97. The second-order valence-corrected chi connectivity index (χ2v) is 3.39. The first-order valence-corrected chi connectivity index (χ1v) is 4.71. The fraction of sp³-hybridized carbons (Fsp3) is 0.100. The van der Waals surface area contributed by atoms with Gasteiger partial charge < -0.3 is 5.11 Å². The Balaban J connectivity index is 3.28. The molecule has 82 valence electrons. The van der Waals surface area contributed by atoms with Crippen LogP contribution in [0, 0.1) is 12.5 Å². The minimum atomic E-state index is -1.26. The summed E-state index contributed by atoms with van der Waals surface area (Å²) in [5, 5.41) is 12.4. The molecule has 1 rings (SSSR count). The Labute approximate surface area is 96.6 Å². The van der Waals surface area contributed by atoms with Gasteiger partial charge in [-0.15, -0.1) is 0 Å². The van der Waals surface area contributed by atoms with E-state index in [9.17, 15) is 4.79 Å². The molecule has 0 spiro atoms. The minimum Gasteiger partial charge on any atom is -0.476 e. The SMILES string of the molecule is Cc1cccc(C=C(N=[N+]=N)C(=O)O)c1Cl. The molecule has 0 aromatic heterocycles. The smallest absolute Gasteiger partial charge is 0.362 e. The average molecular weight is 239 g/mol. The van der Waals surface area contributed by atoms with Crippen LogP contribution in [0.3, 0.4) is 0 Å². The maximum absolute atomic E-state index is 10.7. The van der Waals surface area contributed by atoms with E-state index in [0.29, 0.717) is 10.6 Å². The summed E-state index contributed by atoms with van der Waals surface area (Å²) in [6, 6.07) is 5.23. The molecule has 0 aliphatic rings. The van der Waals surface area contributed by atoms with Gasteiger partial charge in [-0.2, -0.15) is 0 Å². The molecular formula is C10H9ClN3O2+. The lowest BCUT2D eigenvalue weighted by Gasteiger charge is -2.00. The van der Waals surface area contributed by atoms with Crippen LogP contribution in [-0.2, 0) is 4.79 Å². The molecule has 0 aliphatic heterocycles. The predicted octanol–water partition coefficient (Wildman–Crippen LogP) is 2.62. The van der Waals surface area contributed by atoms with E-state index in [1.165, 1.54) is 6.08 Å². The van der Waals surface area contributed by atoms with Crippen molar-refractivity contribution in [1.29, 1.82) is 5.53 Å². The highest BCUT2D eigenvalue weighted by Crippen LogP contribution is 2.22. The number of carboxylic acids is 1. The number of benzene rings is 1. The van der Waals surface area contributed by atoms with Crippen LogP contribution < -0.4 is 4.91 Å². The first-order chi connectivity index (χ1) is 7.56. The average Bonchev–Trinajstić information content (AvgIpc) is 2.23. The molecule has 0 amide bonds. The number of hydrogen-bond donors (Lipinski definition) is 2. The number of hydrogen-bond acceptors (Lipinski definition) is 3. The molecule has 2 N–H and O–H groups in total. The van der Waals surface area contributed by atoms with Crippen molar-refractivity contribution in [3.05, 3.63) is 40.0 Å². The summed E-state index contributed by atoms with van der Waals surface area (Å²) in [6.45, 7) is 1.81. The molecule has 0 atom stereocenters. The monoisotopic (exact) mass is 238 g/mol. The van der Waals surface area contributed by atoms with E-state index in [4.69, 9.17) is 22.2 Å². The summed E-state index contributed by atoms with van der Waals surface area (Å²) in [6.07, 6.45) is 1.27. The van der Waals surface area contributed by atoms with Crippen LogP contribution in [0.5, 0.6) is 0 Å². The third kappa shape index (κ3) is 2.76. The zero-order chi connectivity index (χ0) is 12.1. The number of carboxylic acid groups (broad SMARTS) is 1. The number of nitrogens with zero attached hydrogens (tertiary/aromatic N) is 2. The first kappa shape index (κ1) is 12.1. The molecule has 0 saturated heterocycles. The fourth-order valence-corrected chi connectivity index (χ4v) is 1.30. The van der Waals surface area contributed by atoms with Gasteiger partial charge in [-0.05, 0) is 24.1 Å². The Bertz CT molecular complexity index is 501. The zero-order valence-corrected chi connectivity index (χ0v) is 9.19. The predicted molar refractivity (Wildman–Crippen MR) is 59.1 cm³/mol. The van der Waals surface area contributed by atoms with E-state index in [1.54, 1.807) is 12.1 Å². The molecule has 0 bridgehead atoms. The summed E-state index contributed by atoms with van der Waals surface area (Å²) >= 11 is 5.99. The van der Waals surface area contributed by atoms with Crippen LogP contribution in [0.2, 0.25) is 5.02 Å². The van der Waals surface area contributed by atoms with Gasteiger partial charge in [0.2, 0.25) is 10.6 Å². The number of carbonyl (C=O) groups is 1. The van der Waals surface area contributed by atoms with Gasteiger partial charge in [-0.3, -0.25) is 0 Å². The highest BCUT2D eigenvalue weighted by molar-refractivity contribution is 6.32. The summed E-state index contributed by atoms with van der Waals surface area (Å²) < 4.78 is 0. The van der Waals surface area contributed by atoms with Crippen molar-refractivity contribution in [2.45, 2.75) is 6.92 Å². The standard InChI is InChI=1S/C10H8ClN3O2/c1-6-3-2-4-7(9(6)11)5-8(10(15)16)13-14-12/h2-5,12H,1H3/p+1. The zero-order valence-electron chi connectivity index (χ0n) is 8.44. The van der Waals surface area contributed by atoms with Crippen molar-refractivity contribution >= 4 is 23.6 Å². The van der Waals surface area contributed by atoms with Gasteiger partial charge in [-0.25, -0.2) is 4.79 Å². The number of nitrogens with one attached hydrogen (secondary N) is 1. The van der Waals surface area contributed by atoms with Crippen LogP contribution in [0.25, 0.3) is 6.08 Å². The molecule has 1 aromatic carbocycles. The van der Waals surface area contributed by atoms with Gasteiger partial charge in [0.25, 0.3) is 0 Å². The molecule has 0 fully saturated rings. The van der Waals surface area contributed by atoms with Crippen molar-refractivity contribution in [2.24, 2.45) is 5.11 Å². The summed E-state index contributed by atoms with van der Waals surface area (Å²) in [7, 11) is 0. The topological polar surface area (TPSA) is 87.6 Å². The molecule has 0 saturated carbocycles. The van der Waals surface area contributed by atoms with E-state index in [2.05, 4.69) is 10.0 Å².